The Hall–Kier alpha value is -1.02. The van der Waals surface area contributed by atoms with Crippen molar-refractivity contribution in [3.05, 3.63) is 11.7 Å². The largest absolute Gasteiger partial charge is 0.392 e. The first-order chi connectivity index (χ1) is 8.72. The van der Waals surface area contributed by atoms with Gasteiger partial charge < -0.3 is 24.6 Å². The minimum absolute atomic E-state index is 0.0393. The fourth-order valence-corrected chi connectivity index (χ4v) is 2.36. The molecule has 7 heteroatoms. The topological polar surface area (TPSA) is 83.7 Å². The summed E-state index contributed by atoms with van der Waals surface area (Å²) in [6.45, 7) is 2.97. The van der Waals surface area contributed by atoms with Crippen LogP contribution in [0.3, 0.4) is 0 Å². The van der Waals surface area contributed by atoms with Crippen molar-refractivity contribution in [2.75, 3.05) is 33.3 Å². The van der Waals surface area contributed by atoms with E-state index in [0.717, 1.165) is 13.1 Å². The fourth-order valence-electron chi connectivity index (χ4n) is 2.36. The number of hydrogen-bond acceptors (Lipinski definition) is 7. The Balaban J connectivity index is 1.69. The van der Waals surface area contributed by atoms with Crippen LogP contribution in [0.4, 0.5) is 0 Å². The van der Waals surface area contributed by atoms with Gasteiger partial charge in [0, 0.05) is 19.6 Å². The van der Waals surface area contributed by atoms with E-state index in [1.54, 1.807) is 0 Å². The third kappa shape index (κ3) is 2.39. The minimum atomic E-state index is -0.331. The van der Waals surface area contributed by atoms with Gasteiger partial charge in [0.15, 0.2) is 0 Å². The van der Waals surface area contributed by atoms with Gasteiger partial charge in [-0.1, -0.05) is 5.16 Å². The maximum atomic E-state index is 9.47. The molecule has 1 unspecified atom stereocenters. The molecule has 2 fully saturated rings. The van der Waals surface area contributed by atoms with Crippen LogP contribution in [-0.2, 0) is 4.74 Å². The highest BCUT2D eigenvalue weighted by molar-refractivity contribution is 5.00. The molecule has 1 aromatic heterocycles. The predicted molar refractivity (Wildman–Crippen MR) is 61.9 cm³/mol. The summed E-state index contributed by atoms with van der Waals surface area (Å²) in [7, 11) is 2.05. The molecule has 0 aromatic carbocycles. The van der Waals surface area contributed by atoms with Crippen molar-refractivity contribution in [3.8, 4) is 0 Å². The van der Waals surface area contributed by atoms with E-state index in [9.17, 15) is 5.11 Å². The van der Waals surface area contributed by atoms with Crippen LogP contribution < -0.4 is 5.32 Å². The molecule has 0 aliphatic carbocycles. The highest BCUT2D eigenvalue weighted by Crippen LogP contribution is 2.25. The second-order valence-electron chi connectivity index (χ2n) is 4.96. The first-order valence-electron chi connectivity index (χ1n) is 6.27. The van der Waals surface area contributed by atoms with E-state index in [1.165, 1.54) is 0 Å². The number of nitrogens with zero attached hydrogens (tertiary/aromatic N) is 3. The van der Waals surface area contributed by atoms with Crippen LogP contribution in [0.25, 0.3) is 0 Å². The van der Waals surface area contributed by atoms with Gasteiger partial charge in [-0.2, -0.15) is 4.98 Å². The summed E-state index contributed by atoms with van der Waals surface area (Å²) in [6.07, 6.45) is 0.169. The van der Waals surface area contributed by atoms with Gasteiger partial charge in [0.25, 0.3) is 0 Å². The van der Waals surface area contributed by atoms with Gasteiger partial charge in [0.2, 0.25) is 11.7 Å². The summed E-state index contributed by atoms with van der Waals surface area (Å²) in [5, 5.41) is 16.6. The summed E-state index contributed by atoms with van der Waals surface area (Å²) in [6, 6.07) is -0.0393. The molecular weight excluding hydrogens is 236 g/mol. The van der Waals surface area contributed by atoms with E-state index in [2.05, 4.69) is 20.4 Å². The van der Waals surface area contributed by atoms with Gasteiger partial charge in [-0.3, -0.25) is 0 Å². The van der Waals surface area contributed by atoms with Crippen LogP contribution in [-0.4, -0.2) is 59.5 Å². The molecule has 0 saturated carbocycles. The second kappa shape index (κ2) is 4.93. The third-order valence-corrected chi connectivity index (χ3v) is 3.42. The van der Waals surface area contributed by atoms with Gasteiger partial charge in [-0.05, 0) is 13.5 Å². The number of morpholine rings is 1. The molecule has 100 valence electrons. The van der Waals surface area contributed by atoms with E-state index in [4.69, 9.17) is 9.26 Å². The lowest BCUT2D eigenvalue weighted by atomic mass is 10.2. The van der Waals surface area contributed by atoms with Crippen molar-refractivity contribution in [1.82, 2.24) is 20.4 Å². The molecule has 3 heterocycles. The van der Waals surface area contributed by atoms with Crippen LogP contribution in [0, 0.1) is 0 Å². The predicted octanol–water partition coefficient (Wildman–Crippen LogP) is -0.532. The average Bonchev–Trinajstić information content (AvgIpc) is 2.97. The van der Waals surface area contributed by atoms with Gasteiger partial charge in [0.1, 0.15) is 6.10 Å². The zero-order chi connectivity index (χ0) is 12.5. The summed E-state index contributed by atoms with van der Waals surface area (Å²) >= 11 is 0. The van der Waals surface area contributed by atoms with Crippen molar-refractivity contribution >= 4 is 0 Å². The molecule has 0 spiro atoms. The number of nitrogens with one attached hydrogen (secondary N) is 1. The van der Waals surface area contributed by atoms with Crippen LogP contribution in [0.5, 0.6) is 0 Å². The molecular formula is C11H18N4O3. The minimum Gasteiger partial charge on any atom is -0.392 e. The Bertz CT molecular complexity index is 411. The molecule has 2 N–H and O–H groups in total. The number of ether oxygens (including phenoxy) is 1. The number of aromatic nitrogens is 2. The maximum absolute atomic E-state index is 9.47. The normalized spacial score (nSPS) is 34.0. The molecule has 3 atom stereocenters. The molecule has 2 aliphatic rings. The third-order valence-electron chi connectivity index (χ3n) is 3.42. The standard InChI is InChI=1S/C11H18N4O3/c1-15-2-3-17-9(6-15)10-13-11(18-14-10)8-4-7(16)5-12-8/h7-9,12,16H,2-6H2,1H3/t7-,8+,9?/m0/s1. The Labute approximate surface area is 105 Å². The molecule has 0 radical (unpaired) electrons. The fraction of sp³-hybridized carbons (Fsp3) is 0.818. The zero-order valence-electron chi connectivity index (χ0n) is 10.4. The Morgan fingerprint density at radius 2 is 2.39 bits per heavy atom. The quantitative estimate of drug-likeness (QED) is 0.734. The Kier molecular flexibility index (Phi) is 3.29. The van der Waals surface area contributed by atoms with Gasteiger partial charge in [-0.15, -0.1) is 0 Å². The number of hydrogen-bond donors (Lipinski definition) is 2. The van der Waals surface area contributed by atoms with E-state index in [1.807, 2.05) is 7.05 Å². The van der Waals surface area contributed by atoms with Gasteiger partial charge >= 0.3 is 0 Å². The number of aliphatic hydroxyl groups excluding tert-OH is 1. The number of likely N-dealkylation sites (N-methyl/N-ethyl adjacent to an activating group) is 1. The number of β-amino-alcohol motifs (C(OH)–C–C–N with tert-alkyl or cyclic N) is 1. The molecule has 18 heavy (non-hydrogen) atoms. The van der Waals surface area contributed by atoms with Crippen molar-refractivity contribution in [1.29, 1.82) is 0 Å². The zero-order valence-corrected chi connectivity index (χ0v) is 10.4. The highest BCUT2D eigenvalue weighted by atomic mass is 16.5. The van der Waals surface area contributed by atoms with Crippen LogP contribution >= 0.6 is 0 Å². The summed E-state index contributed by atoms with van der Waals surface area (Å²) in [5.74, 6) is 1.14. The monoisotopic (exact) mass is 254 g/mol. The first kappa shape index (κ1) is 12.0. The van der Waals surface area contributed by atoms with Crippen LogP contribution in [0.2, 0.25) is 0 Å². The summed E-state index contributed by atoms with van der Waals surface area (Å²) in [4.78, 5) is 6.56. The lowest BCUT2D eigenvalue weighted by molar-refractivity contribution is -0.0264. The SMILES string of the molecule is CN1CCOC(c2noc([C@H]3C[C@H](O)CN3)n2)C1. The first-order valence-corrected chi connectivity index (χ1v) is 6.27. The van der Waals surface area contributed by atoms with Crippen molar-refractivity contribution in [2.24, 2.45) is 0 Å². The number of aliphatic hydroxyl groups is 1. The lowest BCUT2D eigenvalue weighted by Gasteiger charge is -2.27. The van der Waals surface area contributed by atoms with Gasteiger partial charge in [0.05, 0.1) is 18.8 Å². The van der Waals surface area contributed by atoms with Crippen LogP contribution in [0.1, 0.15) is 30.3 Å². The maximum Gasteiger partial charge on any atom is 0.243 e. The Morgan fingerprint density at radius 1 is 1.50 bits per heavy atom. The smallest absolute Gasteiger partial charge is 0.243 e. The summed E-state index contributed by atoms with van der Waals surface area (Å²) in [5.41, 5.74) is 0. The van der Waals surface area contributed by atoms with Crippen molar-refractivity contribution < 1.29 is 14.4 Å². The summed E-state index contributed by atoms with van der Waals surface area (Å²) < 4.78 is 10.9. The van der Waals surface area contributed by atoms with Gasteiger partial charge in [-0.25, -0.2) is 0 Å². The van der Waals surface area contributed by atoms with Crippen LogP contribution in [0.15, 0.2) is 4.52 Å². The highest BCUT2D eigenvalue weighted by Gasteiger charge is 2.30. The second-order valence-corrected chi connectivity index (χ2v) is 4.96. The van der Waals surface area contributed by atoms with E-state index in [-0.39, 0.29) is 18.2 Å². The average molecular weight is 254 g/mol. The Morgan fingerprint density at radius 3 is 3.11 bits per heavy atom. The van der Waals surface area contributed by atoms with E-state index in [0.29, 0.717) is 31.3 Å². The molecule has 0 bridgehead atoms. The molecule has 3 rings (SSSR count). The van der Waals surface area contributed by atoms with E-state index >= 15 is 0 Å². The molecule has 7 nitrogen and oxygen atoms in total. The molecule has 0 amide bonds. The van der Waals surface area contributed by atoms with Crippen molar-refractivity contribution in [2.45, 2.75) is 24.7 Å². The molecule has 2 saturated heterocycles. The molecule has 1 aromatic rings. The van der Waals surface area contributed by atoms with Crippen molar-refractivity contribution in [3.63, 3.8) is 0 Å². The molecule has 2 aliphatic heterocycles. The number of rotatable bonds is 2. The lowest BCUT2D eigenvalue weighted by Crippen LogP contribution is -2.35. The van der Waals surface area contributed by atoms with E-state index < -0.39 is 0 Å².